The molecule has 0 aliphatic carbocycles. The number of carbonyl (C=O) groups is 3. The minimum atomic E-state index is -0.858. The number of hydrazone groups is 1. The van der Waals surface area contributed by atoms with Crippen LogP contribution in [0.3, 0.4) is 0 Å². The number of carbonyl (C=O) groups excluding carboxylic acids is 3. The summed E-state index contributed by atoms with van der Waals surface area (Å²) in [4.78, 5) is 37.1. The maximum atomic E-state index is 11.6. The van der Waals surface area contributed by atoms with Crippen LogP contribution in [0.1, 0.15) is 20.7 Å². The van der Waals surface area contributed by atoms with Crippen LogP contribution in [0.2, 0.25) is 0 Å². The van der Waals surface area contributed by atoms with Crippen LogP contribution < -0.4 is 11.2 Å². The SMILES string of the molecule is NC(=O)N/N=C\C(=O)c1ccc2c(c1)N=CC2=O. The van der Waals surface area contributed by atoms with Gasteiger partial charge in [0.2, 0.25) is 11.6 Å². The molecule has 2 amide bonds. The Morgan fingerprint density at radius 3 is 2.89 bits per heavy atom. The lowest BCUT2D eigenvalue weighted by Gasteiger charge is -1.99. The van der Waals surface area contributed by atoms with E-state index in [4.69, 9.17) is 5.73 Å². The number of Topliss-reactive ketones (excluding diaryl/α,β-unsaturated/α-hetero) is 2. The number of rotatable bonds is 3. The summed E-state index contributed by atoms with van der Waals surface area (Å²) in [6, 6.07) is 3.63. The lowest BCUT2D eigenvalue weighted by atomic mass is 10.1. The van der Waals surface area contributed by atoms with E-state index in [1.807, 2.05) is 5.43 Å². The Bertz CT molecular complexity index is 604. The molecule has 0 saturated heterocycles. The molecule has 0 saturated carbocycles. The van der Waals surface area contributed by atoms with Gasteiger partial charge in [0.1, 0.15) is 0 Å². The Kier molecular flexibility index (Phi) is 2.96. The number of nitrogens with one attached hydrogen (secondary N) is 1. The van der Waals surface area contributed by atoms with Gasteiger partial charge in [-0.05, 0) is 12.1 Å². The van der Waals surface area contributed by atoms with Gasteiger partial charge in [-0.1, -0.05) is 6.07 Å². The first-order chi connectivity index (χ1) is 8.58. The lowest BCUT2D eigenvalue weighted by Crippen LogP contribution is -2.24. The predicted octanol–water partition coefficient (Wildman–Crippen LogP) is 0.422. The summed E-state index contributed by atoms with van der Waals surface area (Å²) in [5.41, 5.74) is 7.90. The number of fused-ring (bicyclic) bond motifs is 1. The maximum Gasteiger partial charge on any atom is 0.332 e. The van der Waals surface area contributed by atoms with Gasteiger partial charge in [-0.3, -0.25) is 14.6 Å². The predicted molar refractivity (Wildman–Crippen MR) is 64.5 cm³/mol. The van der Waals surface area contributed by atoms with Gasteiger partial charge < -0.3 is 5.73 Å². The zero-order valence-electron chi connectivity index (χ0n) is 9.08. The first kappa shape index (κ1) is 11.6. The zero-order chi connectivity index (χ0) is 13.1. The van der Waals surface area contributed by atoms with Crippen molar-refractivity contribution in [2.75, 3.05) is 0 Å². The number of aliphatic imine (C=N–C) groups is 1. The number of primary amides is 1. The summed E-state index contributed by atoms with van der Waals surface area (Å²) < 4.78 is 0. The van der Waals surface area contributed by atoms with Crippen molar-refractivity contribution < 1.29 is 14.4 Å². The van der Waals surface area contributed by atoms with Crippen LogP contribution in [-0.2, 0) is 0 Å². The Hall–Kier alpha value is -2.83. The molecule has 0 bridgehead atoms. The maximum absolute atomic E-state index is 11.6. The van der Waals surface area contributed by atoms with Crippen molar-refractivity contribution in [3.63, 3.8) is 0 Å². The van der Waals surface area contributed by atoms with Crippen molar-refractivity contribution in [1.29, 1.82) is 0 Å². The van der Waals surface area contributed by atoms with Crippen molar-refractivity contribution >= 4 is 35.7 Å². The summed E-state index contributed by atoms with van der Waals surface area (Å²) in [7, 11) is 0. The smallest absolute Gasteiger partial charge is 0.332 e. The molecule has 7 nitrogen and oxygen atoms in total. The van der Waals surface area contributed by atoms with Crippen LogP contribution in [0.15, 0.2) is 28.3 Å². The standard InChI is InChI=1S/C11H8N4O3/c12-11(18)15-14-5-9(16)6-1-2-7-8(3-6)13-4-10(7)17/h1-5H,(H3,12,15,18)/b14-5-. The summed E-state index contributed by atoms with van der Waals surface area (Å²) >= 11 is 0. The van der Waals surface area contributed by atoms with Gasteiger partial charge in [-0.2, -0.15) is 5.10 Å². The Morgan fingerprint density at radius 1 is 1.39 bits per heavy atom. The molecule has 1 aromatic rings. The molecular formula is C11H8N4O3. The fraction of sp³-hybridized carbons (Fsp3) is 0. The number of nitrogens with zero attached hydrogens (tertiary/aromatic N) is 2. The number of urea groups is 1. The number of benzene rings is 1. The summed E-state index contributed by atoms with van der Waals surface area (Å²) in [5, 5.41) is 3.35. The fourth-order valence-electron chi connectivity index (χ4n) is 1.43. The van der Waals surface area contributed by atoms with E-state index >= 15 is 0 Å². The van der Waals surface area contributed by atoms with E-state index in [1.165, 1.54) is 24.4 Å². The van der Waals surface area contributed by atoms with Gasteiger partial charge >= 0.3 is 6.03 Å². The van der Waals surface area contributed by atoms with Gasteiger partial charge in [0.15, 0.2) is 0 Å². The van der Waals surface area contributed by atoms with Crippen molar-refractivity contribution in [2.24, 2.45) is 15.8 Å². The molecule has 3 N–H and O–H groups in total. The summed E-state index contributed by atoms with van der Waals surface area (Å²) in [6.45, 7) is 0. The Labute approximate surface area is 101 Å². The summed E-state index contributed by atoms with van der Waals surface area (Å²) in [5.74, 6) is -0.617. The van der Waals surface area contributed by atoms with Gasteiger partial charge in [0.25, 0.3) is 0 Å². The number of hydrogen-bond donors (Lipinski definition) is 2. The van der Waals surface area contributed by atoms with Gasteiger partial charge in [-0.25, -0.2) is 10.2 Å². The molecule has 1 aliphatic rings. The van der Waals surface area contributed by atoms with Crippen LogP contribution in [0.5, 0.6) is 0 Å². The monoisotopic (exact) mass is 244 g/mol. The normalized spacial score (nSPS) is 12.8. The average molecular weight is 244 g/mol. The lowest BCUT2D eigenvalue weighted by molar-refractivity contribution is 0.106. The fourth-order valence-corrected chi connectivity index (χ4v) is 1.43. The van der Waals surface area contributed by atoms with Crippen molar-refractivity contribution in [3.05, 3.63) is 29.3 Å². The van der Waals surface area contributed by atoms with Crippen molar-refractivity contribution in [3.8, 4) is 0 Å². The molecule has 0 atom stereocenters. The van der Waals surface area contributed by atoms with E-state index in [0.29, 0.717) is 16.8 Å². The molecule has 0 aromatic heterocycles. The number of ketones is 2. The Morgan fingerprint density at radius 2 is 2.17 bits per heavy atom. The summed E-state index contributed by atoms with van der Waals surface area (Å²) in [6.07, 6.45) is 2.12. The third-order valence-electron chi connectivity index (χ3n) is 2.23. The average Bonchev–Trinajstić information content (AvgIpc) is 2.70. The third kappa shape index (κ3) is 2.29. The zero-order valence-corrected chi connectivity index (χ0v) is 9.08. The van der Waals surface area contributed by atoms with E-state index in [-0.39, 0.29) is 5.78 Å². The molecular weight excluding hydrogens is 236 g/mol. The molecule has 0 unspecified atom stereocenters. The molecule has 1 heterocycles. The quantitative estimate of drug-likeness (QED) is 0.456. The second-order valence-corrected chi connectivity index (χ2v) is 3.45. The van der Waals surface area contributed by atoms with Crippen LogP contribution in [0, 0.1) is 0 Å². The first-order valence-electron chi connectivity index (χ1n) is 4.93. The minimum Gasteiger partial charge on any atom is -0.350 e. The highest BCUT2D eigenvalue weighted by Crippen LogP contribution is 2.25. The topological polar surface area (TPSA) is 114 Å². The third-order valence-corrected chi connectivity index (χ3v) is 2.23. The molecule has 0 fully saturated rings. The minimum absolute atomic E-state index is 0.187. The molecule has 2 rings (SSSR count). The van der Waals surface area contributed by atoms with E-state index in [2.05, 4.69) is 10.1 Å². The van der Waals surface area contributed by atoms with Crippen molar-refractivity contribution in [2.45, 2.75) is 0 Å². The van der Waals surface area contributed by atoms with Crippen LogP contribution >= 0.6 is 0 Å². The molecule has 90 valence electrons. The second kappa shape index (κ2) is 4.58. The van der Waals surface area contributed by atoms with E-state index in [9.17, 15) is 14.4 Å². The van der Waals surface area contributed by atoms with Crippen LogP contribution in [-0.4, -0.2) is 30.0 Å². The highest BCUT2D eigenvalue weighted by Gasteiger charge is 2.16. The highest BCUT2D eigenvalue weighted by molar-refractivity contribution is 6.40. The molecule has 7 heteroatoms. The van der Waals surface area contributed by atoms with Crippen molar-refractivity contribution in [1.82, 2.24) is 5.43 Å². The molecule has 1 aromatic carbocycles. The van der Waals surface area contributed by atoms with Crippen LogP contribution in [0.25, 0.3) is 0 Å². The number of nitrogens with two attached hydrogens (primary N) is 1. The highest BCUT2D eigenvalue weighted by atomic mass is 16.2. The molecule has 0 radical (unpaired) electrons. The second-order valence-electron chi connectivity index (χ2n) is 3.45. The molecule has 1 aliphatic heterocycles. The van der Waals surface area contributed by atoms with E-state index < -0.39 is 11.8 Å². The van der Waals surface area contributed by atoms with Gasteiger partial charge in [0.05, 0.1) is 18.1 Å². The van der Waals surface area contributed by atoms with E-state index in [1.54, 1.807) is 0 Å². The number of amides is 2. The Balaban J connectivity index is 2.18. The molecule has 18 heavy (non-hydrogen) atoms. The number of hydrogen-bond acceptors (Lipinski definition) is 5. The van der Waals surface area contributed by atoms with Gasteiger partial charge in [-0.15, -0.1) is 0 Å². The first-order valence-corrected chi connectivity index (χ1v) is 4.93. The largest absolute Gasteiger partial charge is 0.350 e. The molecule has 0 spiro atoms. The van der Waals surface area contributed by atoms with E-state index in [0.717, 1.165) is 6.21 Å². The van der Waals surface area contributed by atoms with Gasteiger partial charge in [0, 0.05) is 11.1 Å². The van der Waals surface area contributed by atoms with Crippen LogP contribution in [0.4, 0.5) is 10.5 Å².